The number of carboxylic acids is 1. The molecule has 0 aliphatic heterocycles. The van der Waals surface area contributed by atoms with Crippen molar-refractivity contribution >= 4 is 23.5 Å². The number of amides is 1. The van der Waals surface area contributed by atoms with Crippen molar-refractivity contribution in [1.29, 1.82) is 5.26 Å². The molecule has 1 heterocycles. The van der Waals surface area contributed by atoms with Crippen LogP contribution in [0, 0.1) is 35.0 Å². The molecule has 4 bridgehead atoms. The number of aromatic nitrogens is 2. The van der Waals surface area contributed by atoms with Gasteiger partial charge in [-0.3, -0.25) is 9.59 Å². The molecule has 4 saturated carbocycles. The number of halogens is 1. The molecule has 40 heavy (non-hydrogen) atoms. The first-order valence-electron chi connectivity index (χ1n) is 13.3. The zero-order valence-electron chi connectivity index (χ0n) is 22.2. The summed E-state index contributed by atoms with van der Waals surface area (Å²) in [5.74, 6) is 0.0788. The first-order chi connectivity index (χ1) is 19.3. The number of carboxylic acid groups (broad SMARTS) is 1. The summed E-state index contributed by atoms with van der Waals surface area (Å²) in [5, 5.41) is 27.6. The number of hydrogen-bond donors (Lipinski definition) is 2. The van der Waals surface area contributed by atoms with Gasteiger partial charge in [0, 0.05) is 0 Å². The SMILES string of the molecule is COc1cccc(OC)c1-c1cc(C(=O)NC23CC4CC(CC(C4)C2C(=O)O)C3)nn1-c1ccc(C#N)c(Cl)c1. The van der Waals surface area contributed by atoms with Crippen LogP contribution in [-0.4, -0.2) is 46.5 Å². The Morgan fingerprint density at radius 2 is 1.77 bits per heavy atom. The van der Waals surface area contributed by atoms with Crippen molar-refractivity contribution in [2.24, 2.45) is 23.7 Å². The van der Waals surface area contributed by atoms with Crippen LogP contribution in [0.1, 0.15) is 48.2 Å². The van der Waals surface area contributed by atoms with E-state index in [1.54, 1.807) is 61.4 Å². The molecule has 1 aromatic heterocycles. The number of carbonyl (C=O) groups is 2. The molecule has 4 aliphatic rings. The lowest BCUT2D eigenvalue weighted by Crippen LogP contribution is -2.67. The zero-order chi connectivity index (χ0) is 28.2. The Bertz CT molecular complexity index is 1520. The number of methoxy groups -OCH3 is 2. The Morgan fingerprint density at radius 1 is 1.10 bits per heavy atom. The summed E-state index contributed by atoms with van der Waals surface area (Å²) in [5.41, 5.74) is 1.28. The van der Waals surface area contributed by atoms with Crippen molar-refractivity contribution in [2.45, 2.75) is 37.6 Å². The first kappa shape index (κ1) is 26.2. The fraction of sp³-hybridized carbons (Fsp3) is 0.400. The van der Waals surface area contributed by atoms with Gasteiger partial charge in [-0.25, -0.2) is 4.68 Å². The van der Waals surface area contributed by atoms with Crippen LogP contribution < -0.4 is 14.8 Å². The molecule has 1 amide bonds. The second kappa shape index (κ2) is 9.86. The Hall–Kier alpha value is -4.03. The van der Waals surface area contributed by atoms with E-state index in [9.17, 15) is 20.0 Å². The molecule has 3 aromatic rings. The molecule has 7 rings (SSSR count). The number of nitriles is 1. The van der Waals surface area contributed by atoms with Gasteiger partial charge in [-0.15, -0.1) is 0 Å². The summed E-state index contributed by atoms with van der Waals surface area (Å²) in [6.45, 7) is 0. The highest BCUT2D eigenvalue weighted by Crippen LogP contribution is 2.58. The second-order valence-electron chi connectivity index (χ2n) is 11.2. The maximum atomic E-state index is 13.9. The minimum Gasteiger partial charge on any atom is -0.496 e. The quantitative estimate of drug-likeness (QED) is 0.412. The van der Waals surface area contributed by atoms with Crippen LogP contribution in [0.15, 0.2) is 42.5 Å². The molecular weight excluding hydrogens is 532 g/mol. The van der Waals surface area contributed by atoms with E-state index < -0.39 is 23.3 Å². The molecule has 4 fully saturated rings. The van der Waals surface area contributed by atoms with E-state index in [1.807, 2.05) is 0 Å². The van der Waals surface area contributed by atoms with Crippen LogP contribution in [0.3, 0.4) is 0 Å². The Kier molecular flexibility index (Phi) is 6.46. The molecule has 206 valence electrons. The molecule has 4 aliphatic carbocycles. The maximum absolute atomic E-state index is 13.9. The molecule has 9 nitrogen and oxygen atoms in total. The van der Waals surface area contributed by atoms with E-state index in [1.165, 1.54) is 0 Å². The van der Waals surface area contributed by atoms with Gasteiger partial charge in [-0.2, -0.15) is 10.4 Å². The summed E-state index contributed by atoms with van der Waals surface area (Å²) in [7, 11) is 3.09. The molecule has 3 atom stereocenters. The predicted molar refractivity (Wildman–Crippen MR) is 147 cm³/mol. The van der Waals surface area contributed by atoms with Crippen molar-refractivity contribution in [3.05, 3.63) is 58.7 Å². The van der Waals surface area contributed by atoms with E-state index in [0.29, 0.717) is 58.7 Å². The minimum atomic E-state index is -0.846. The average molecular weight is 561 g/mol. The summed E-state index contributed by atoms with van der Waals surface area (Å²) < 4.78 is 12.8. The largest absolute Gasteiger partial charge is 0.496 e. The van der Waals surface area contributed by atoms with Gasteiger partial charge in [0.05, 0.1) is 53.2 Å². The molecule has 0 spiro atoms. The molecule has 2 N–H and O–H groups in total. The lowest BCUT2D eigenvalue weighted by atomic mass is 9.48. The molecule has 10 heteroatoms. The standard InChI is InChI=1S/C30H29ClN4O5/c1-39-24-4-3-5-25(40-2)26(24)23-12-22(34-35(23)20-7-6-18(15-32)21(31)11-20)28(36)33-30-13-16-8-17(14-30)10-19(9-16)27(30)29(37)38/h3-7,11-12,16-17,19,27H,8-10,13-14H2,1-2H3,(H,33,36)(H,37,38). The molecule has 3 unspecified atom stereocenters. The van der Waals surface area contributed by atoms with E-state index in [-0.39, 0.29) is 16.6 Å². The third-order valence-electron chi connectivity index (χ3n) is 8.88. The number of ether oxygens (including phenoxy) is 2. The highest BCUT2D eigenvalue weighted by molar-refractivity contribution is 6.31. The Labute approximate surface area is 236 Å². The predicted octanol–water partition coefficient (Wildman–Crippen LogP) is 5.09. The fourth-order valence-electron chi connectivity index (χ4n) is 7.65. The lowest BCUT2D eigenvalue weighted by molar-refractivity contribution is -0.159. The third kappa shape index (κ3) is 4.18. The Balaban J connectivity index is 1.45. The molecule has 0 saturated heterocycles. The molecular formula is C30H29ClN4O5. The van der Waals surface area contributed by atoms with Gasteiger partial charge in [-0.05, 0) is 86.3 Å². The topological polar surface area (TPSA) is 126 Å². The summed E-state index contributed by atoms with van der Waals surface area (Å²) in [4.78, 5) is 26.3. The number of rotatable bonds is 7. The van der Waals surface area contributed by atoms with E-state index in [2.05, 4.69) is 16.5 Å². The van der Waals surface area contributed by atoms with E-state index in [4.69, 9.17) is 21.1 Å². The number of aliphatic carboxylic acids is 1. The number of nitrogens with one attached hydrogen (secondary N) is 1. The van der Waals surface area contributed by atoms with Gasteiger partial charge in [0.25, 0.3) is 5.91 Å². The summed E-state index contributed by atoms with van der Waals surface area (Å²) >= 11 is 6.37. The normalized spacial score (nSPS) is 26.2. The zero-order valence-corrected chi connectivity index (χ0v) is 22.9. The van der Waals surface area contributed by atoms with Crippen molar-refractivity contribution in [3.8, 4) is 34.5 Å². The van der Waals surface area contributed by atoms with Gasteiger partial charge in [-0.1, -0.05) is 17.7 Å². The van der Waals surface area contributed by atoms with Crippen LogP contribution in [0.2, 0.25) is 5.02 Å². The van der Waals surface area contributed by atoms with Crippen molar-refractivity contribution in [1.82, 2.24) is 15.1 Å². The van der Waals surface area contributed by atoms with Crippen LogP contribution >= 0.6 is 11.6 Å². The number of nitrogens with zero attached hydrogens (tertiary/aromatic N) is 3. The van der Waals surface area contributed by atoms with Crippen molar-refractivity contribution in [3.63, 3.8) is 0 Å². The fourth-order valence-corrected chi connectivity index (χ4v) is 7.86. The number of hydrogen-bond acceptors (Lipinski definition) is 6. The molecule has 0 radical (unpaired) electrons. The number of carbonyl (C=O) groups excluding carboxylic acids is 1. The lowest BCUT2D eigenvalue weighted by Gasteiger charge is -2.59. The minimum absolute atomic E-state index is 0.0794. The summed E-state index contributed by atoms with van der Waals surface area (Å²) in [6, 6.07) is 14.0. The van der Waals surface area contributed by atoms with Gasteiger partial charge >= 0.3 is 5.97 Å². The van der Waals surface area contributed by atoms with Gasteiger partial charge in [0.15, 0.2) is 5.69 Å². The van der Waals surface area contributed by atoms with Crippen LogP contribution in [-0.2, 0) is 4.79 Å². The summed E-state index contributed by atoms with van der Waals surface area (Å²) in [6.07, 6.45) is 4.27. The van der Waals surface area contributed by atoms with Crippen LogP contribution in [0.25, 0.3) is 16.9 Å². The first-order valence-corrected chi connectivity index (χ1v) is 13.7. The van der Waals surface area contributed by atoms with Crippen LogP contribution in [0.4, 0.5) is 0 Å². The average Bonchev–Trinajstić information content (AvgIpc) is 3.36. The third-order valence-corrected chi connectivity index (χ3v) is 9.20. The van der Waals surface area contributed by atoms with Gasteiger partial charge < -0.3 is 19.9 Å². The van der Waals surface area contributed by atoms with E-state index >= 15 is 0 Å². The Morgan fingerprint density at radius 3 is 2.35 bits per heavy atom. The second-order valence-corrected chi connectivity index (χ2v) is 11.6. The van der Waals surface area contributed by atoms with Crippen LogP contribution in [0.5, 0.6) is 11.5 Å². The van der Waals surface area contributed by atoms with Crippen molar-refractivity contribution < 1.29 is 24.2 Å². The van der Waals surface area contributed by atoms with Gasteiger partial charge in [0.2, 0.25) is 0 Å². The smallest absolute Gasteiger partial charge is 0.309 e. The number of benzene rings is 2. The van der Waals surface area contributed by atoms with Crippen molar-refractivity contribution in [2.75, 3.05) is 14.2 Å². The monoisotopic (exact) mass is 560 g/mol. The van der Waals surface area contributed by atoms with Gasteiger partial charge in [0.1, 0.15) is 17.6 Å². The highest BCUT2D eigenvalue weighted by atomic mass is 35.5. The van der Waals surface area contributed by atoms with E-state index in [0.717, 1.165) is 19.3 Å². The maximum Gasteiger partial charge on any atom is 0.309 e. The highest BCUT2D eigenvalue weighted by Gasteiger charge is 2.60. The molecule has 2 aromatic carbocycles.